The molecule has 1 saturated heterocycles. The zero-order valence-electron chi connectivity index (χ0n) is 21.7. The summed E-state index contributed by atoms with van der Waals surface area (Å²) in [6.45, 7) is 3.43. The van der Waals surface area contributed by atoms with E-state index in [1.54, 1.807) is 7.11 Å². The summed E-state index contributed by atoms with van der Waals surface area (Å²) < 4.78 is 5.45. The van der Waals surface area contributed by atoms with Crippen molar-refractivity contribution in [2.24, 2.45) is 5.41 Å². The number of hydrogen-bond donors (Lipinski definition) is 2. The summed E-state index contributed by atoms with van der Waals surface area (Å²) in [7, 11) is 5.62. The molecule has 0 radical (unpaired) electrons. The largest absolute Gasteiger partial charge is 0.497 e. The van der Waals surface area contributed by atoms with Crippen LogP contribution in [0, 0.1) is 5.41 Å². The highest BCUT2D eigenvalue weighted by Gasteiger charge is 2.35. The summed E-state index contributed by atoms with van der Waals surface area (Å²) in [4.78, 5) is 9.18. The fourth-order valence-corrected chi connectivity index (χ4v) is 7.11. The lowest BCUT2D eigenvalue weighted by atomic mass is 9.74. The molecule has 1 atom stereocenters. The quantitative estimate of drug-likeness (QED) is 0.455. The van der Waals surface area contributed by atoms with Crippen molar-refractivity contribution in [3.05, 3.63) is 30.0 Å². The fourth-order valence-electron chi connectivity index (χ4n) is 5.74. The molecule has 35 heavy (non-hydrogen) atoms. The first kappa shape index (κ1) is 26.5. The van der Waals surface area contributed by atoms with Gasteiger partial charge in [0.15, 0.2) is 0 Å². The van der Waals surface area contributed by atoms with Crippen molar-refractivity contribution in [2.75, 3.05) is 58.1 Å². The third-order valence-electron chi connectivity index (χ3n) is 8.17. The number of aromatic nitrogens is 1. The van der Waals surface area contributed by atoms with E-state index < -0.39 is 6.10 Å². The predicted octanol–water partition coefficient (Wildman–Crippen LogP) is 4.87. The Bertz CT molecular complexity index is 956. The Hall–Kier alpha value is -1.54. The van der Waals surface area contributed by atoms with Crippen molar-refractivity contribution in [3.8, 4) is 5.75 Å². The Kier molecular flexibility index (Phi) is 9.19. The summed E-state index contributed by atoms with van der Waals surface area (Å²) >= 11 is 2.16. The maximum Gasteiger partial charge on any atom is 0.119 e. The van der Waals surface area contributed by atoms with E-state index in [-0.39, 0.29) is 12.0 Å². The van der Waals surface area contributed by atoms with Crippen LogP contribution in [0.1, 0.15) is 63.0 Å². The molecule has 1 aliphatic carbocycles. The lowest BCUT2D eigenvalue weighted by Crippen LogP contribution is -2.43. The molecule has 4 rings (SSSR count). The number of ether oxygens (including phenoxy) is 1. The fraction of sp³-hybridized carbons (Fsp3) is 0.679. The highest BCUT2D eigenvalue weighted by atomic mass is 32.2. The number of pyridine rings is 1. The minimum atomic E-state index is -0.630. The monoisotopic (exact) mass is 501 g/mol. The van der Waals surface area contributed by atoms with Gasteiger partial charge < -0.3 is 24.7 Å². The van der Waals surface area contributed by atoms with Gasteiger partial charge in [0.2, 0.25) is 0 Å². The number of fused-ring (bicyclic) bond motifs is 1. The molecule has 6 nitrogen and oxygen atoms in total. The second-order valence-corrected chi connectivity index (χ2v) is 12.1. The Morgan fingerprint density at radius 2 is 1.97 bits per heavy atom. The van der Waals surface area contributed by atoms with Crippen LogP contribution in [0.4, 0.5) is 5.69 Å². The first-order valence-corrected chi connectivity index (χ1v) is 14.3. The van der Waals surface area contributed by atoms with Crippen molar-refractivity contribution < 1.29 is 14.9 Å². The highest BCUT2D eigenvalue weighted by Crippen LogP contribution is 2.41. The molecule has 2 aliphatic rings. The molecule has 0 bridgehead atoms. The van der Waals surface area contributed by atoms with Crippen molar-refractivity contribution in [1.82, 2.24) is 9.88 Å². The number of thioether (sulfide) groups is 1. The molecule has 2 heterocycles. The van der Waals surface area contributed by atoms with Gasteiger partial charge >= 0.3 is 0 Å². The van der Waals surface area contributed by atoms with E-state index in [1.165, 1.54) is 31.4 Å². The van der Waals surface area contributed by atoms with E-state index in [9.17, 15) is 10.2 Å². The van der Waals surface area contributed by atoms with Gasteiger partial charge in [0.25, 0.3) is 0 Å². The number of rotatable bonds is 11. The van der Waals surface area contributed by atoms with Crippen molar-refractivity contribution in [3.63, 3.8) is 0 Å². The van der Waals surface area contributed by atoms with Gasteiger partial charge in [-0.05, 0) is 75.2 Å². The smallest absolute Gasteiger partial charge is 0.119 e. The lowest BCUT2D eigenvalue weighted by Gasteiger charge is -2.41. The first-order chi connectivity index (χ1) is 16.9. The molecule has 1 aromatic heterocycles. The van der Waals surface area contributed by atoms with Gasteiger partial charge in [0.1, 0.15) is 5.75 Å². The maximum atomic E-state index is 11.4. The summed E-state index contributed by atoms with van der Waals surface area (Å²) in [6, 6.07) is 5.82. The number of aliphatic hydroxyl groups excluding tert-OH is 2. The molecule has 1 aromatic carbocycles. The summed E-state index contributed by atoms with van der Waals surface area (Å²) in [6.07, 6.45) is 10.3. The van der Waals surface area contributed by atoms with Crippen LogP contribution in [-0.2, 0) is 0 Å². The lowest BCUT2D eigenvalue weighted by molar-refractivity contribution is 0.0255. The topological polar surface area (TPSA) is 69.1 Å². The third kappa shape index (κ3) is 6.43. The second kappa shape index (κ2) is 12.1. The average molecular weight is 502 g/mol. The zero-order chi connectivity index (χ0) is 24.8. The van der Waals surface area contributed by atoms with Crippen LogP contribution in [0.15, 0.2) is 24.4 Å². The number of benzene rings is 1. The molecule has 1 unspecified atom stereocenters. The molecule has 2 N–H and O–H groups in total. The standard InChI is InChI=1S/C28H43N3O3S/c1-30(2)25-19-29-24-9-8-21(34-3)18-23(24)27(25)26(33)10-11-28(20-32)12-14-31(15-13-28)16-17-35-22-6-4-5-7-22/h8-9,18-19,22,26,32-33H,4-7,10-17,20H2,1-3H3. The first-order valence-electron chi connectivity index (χ1n) is 13.2. The van der Waals surface area contributed by atoms with E-state index in [4.69, 9.17) is 4.74 Å². The van der Waals surface area contributed by atoms with Crippen LogP contribution in [-0.4, -0.2) is 78.5 Å². The maximum absolute atomic E-state index is 11.4. The molecule has 2 aromatic rings. The molecule has 0 spiro atoms. The summed E-state index contributed by atoms with van der Waals surface area (Å²) in [5.41, 5.74) is 2.57. The molecule has 194 valence electrons. The Balaban J connectivity index is 1.39. The van der Waals surface area contributed by atoms with Gasteiger partial charge in [-0.3, -0.25) is 4.98 Å². The van der Waals surface area contributed by atoms with Crippen molar-refractivity contribution >= 4 is 28.4 Å². The van der Waals surface area contributed by atoms with Gasteiger partial charge in [-0.15, -0.1) is 0 Å². The van der Waals surface area contributed by atoms with Crippen molar-refractivity contribution in [2.45, 2.75) is 62.7 Å². The van der Waals surface area contributed by atoms with Gasteiger partial charge in [0.05, 0.1) is 30.6 Å². The Morgan fingerprint density at radius 1 is 1.23 bits per heavy atom. The van der Waals surface area contributed by atoms with E-state index in [0.29, 0.717) is 6.42 Å². The zero-order valence-corrected chi connectivity index (χ0v) is 22.5. The summed E-state index contributed by atoms with van der Waals surface area (Å²) in [5, 5.41) is 23.6. The number of likely N-dealkylation sites (tertiary alicyclic amines) is 1. The van der Waals surface area contributed by atoms with Crippen LogP contribution in [0.5, 0.6) is 5.75 Å². The van der Waals surface area contributed by atoms with Crippen molar-refractivity contribution in [1.29, 1.82) is 0 Å². The minimum Gasteiger partial charge on any atom is -0.497 e. The second-order valence-electron chi connectivity index (χ2n) is 10.7. The minimum absolute atomic E-state index is 0.102. The van der Waals surface area contributed by atoms with E-state index in [1.807, 2.05) is 43.4 Å². The van der Waals surface area contributed by atoms with Crippen LogP contribution >= 0.6 is 11.8 Å². The van der Waals surface area contributed by atoms with Gasteiger partial charge in [-0.1, -0.05) is 12.8 Å². The number of hydrogen-bond acceptors (Lipinski definition) is 7. The number of anilines is 1. The average Bonchev–Trinajstić information content (AvgIpc) is 3.40. The molecular weight excluding hydrogens is 458 g/mol. The molecule has 1 saturated carbocycles. The predicted molar refractivity (Wildman–Crippen MR) is 147 cm³/mol. The molecule has 0 amide bonds. The SMILES string of the molecule is COc1ccc2ncc(N(C)C)c(C(O)CCC3(CO)CCN(CCSC4CCCC4)CC3)c2c1. The molecule has 7 heteroatoms. The Labute approximate surface area is 215 Å². The summed E-state index contributed by atoms with van der Waals surface area (Å²) in [5.74, 6) is 1.98. The molecular formula is C28H43N3O3S. The van der Waals surface area contributed by atoms with Crippen LogP contribution in [0.2, 0.25) is 0 Å². The van der Waals surface area contributed by atoms with Crippen LogP contribution in [0.3, 0.4) is 0 Å². The van der Waals surface area contributed by atoms with Gasteiger partial charge in [-0.2, -0.15) is 11.8 Å². The number of nitrogens with zero attached hydrogens (tertiary/aromatic N) is 3. The third-order valence-corrected chi connectivity index (χ3v) is 9.54. The number of methoxy groups -OCH3 is 1. The number of aliphatic hydroxyl groups is 2. The normalized spacial score (nSPS) is 19.8. The van der Waals surface area contributed by atoms with E-state index >= 15 is 0 Å². The van der Waals surface area contributed by atoms with Crippen LogP contribution < -0.4 is 9.64 Å². The van der Waals surface area contributed by atoms with Gasteiger partial charge in [-0.25, -0.2) is 0 Å². The number of piperidine rings is 1. The highest BCUT2D eigenvalue weighted by molar-refractivity contribution is 7.99. The molecule has 2 fully saturated rings. The van der Waals surface area contributed by atoms with E-state index in [0.717, 1.165) is 72.0 Å². The molecule has 1 aliphatic heterocycles. The van der Waals surface area contributed by atoms with E-state index in [2.05, 4.69) is 21.6 Å². The van der Waals surface area contributed by atoms with Gasteiger partial charge in [0, 0.05) is 49.2 Å². The Morgan fingerprint density at radius 3 is 2.63 bits per heavy atom. The van der Waals surface area contributed by atoms with Crippen LogP contribution in [0.25, 0.3) is 10.9 Å².